The van der Waals surface area contributed by atoms with Gasteiger partial charge >= 0.3 is 6.01 Å². The Morgan fingerprint density at radius 2 is 2.05 bits per heavy atom. The number of amides is 1. The van der Waals surface area contributed by atoms with Crippen molar-refractivity contribution in [1.82, 2.24) is 19.8 Å². The number of nitrogens with zero attached hydrogens (tertiary/aromatic N) is 7. The molecule has 1 aliphatic carbocycles. The topological polar surface area (TPSA) is 88.8 Å². The van der Waals surface area contributed by atoms with Crippen LogP contribution >= 0.6 is 0 Å². The van der Waals surface area contributed by atoms with Crippen molar-refractivity contribution in [2.75, 3.05) is 56.7 Å². The van der Waals surface area contributed by atoms with Crippen molar-refractivity contribution in [1.29, 1.82) is 5.26 Å². The Hall–Kier alpha value is -4.16. The van der Waals surface area contributed by atoms with Crippen LogP contribution < -0.4 is 14.5 Å². The zero-order valence-electron chi connectivity index (χ0n) is 23.8. The number of fused-ring (bicyclic) bond motifs is 2. The maximum Gasteiger partial charge on any atom is 0.318 e. The van der Waals surface area contributed by atoms with Crippen LogP contribution in [0.3, 0.4) is 0 Å². The zero-order valence-corrected chi connectivity index (χ0v) is 23.8. The number of benzene rings is 2. The second-order valence-electron chi connectivity index (χ2n) is 11.5. The van der Waals surface area contributed by atoms with Crippen molar-refractivity contribution in [3.63, 3.8) is 0 Å². The van der Waals surface area contributed by atoms with Crippen molar-refractivity contribution in [2.24, 2.45) is 0 Å². The summed E-state index contributed by atoms with van der Waals surface area (Å²) in [5.74, 6) is 0.720. The third-order valence-corrected chi connectivity index (χ3v) is 8.87. The SMILES string of the molecule is C=CC(=O)N1CCN(c2nc(OCC3(N(C)C)CC3)nc3c2CCN(c2c[c]cc4ccccc24)C3)C[C@@H]1CC#N. The fourth-order valence-electron chi connectivity index (χ4n) is 6.13. The lowest BCUT2D eigenvalue weighted by Gasteiger charge is -2.42. The summed E-state index contributed by atoms with van der Waals surface area (Å²) in [6.07, 6.45) is 4.56. The molecule has 9 nitrogen and oxygen atoms in total. The molecular weight excluding hydrogens is 514 g/mol. The molecule has 3 aromatic rings. The van der Waals surface area contributed by atoms with Gasteiger partial charge in [-0.1, -0.05) is 30.8 Å². The standard InChI is InChI=1S/C32H36N7O2/c1-4-29(40)39-19-18-38(20-24(39)12-16-33)30-26-13-17-37(28-11-7-9-23-8-5-6-10-25(23)28)21-27(26)34-31(35-30)41-22-32(14-15-32)36(2)3/h4-6,8-11,24H,1,12-15,17-22H2,2-3H3/t24-/m0/s1. The third-order valence-electron chi connectivity index (χ3n) is 8.87. The molecule has 1 saturated carbocycles. The first-order valence-electron chi connectivity index (χ1n) is 14.3. The van der Waals surface area contributed by atoms with Gasteiger partial charge in [-0.3, -0.25) is 4.79 Å². The van der Waals surface area contributed by atoms with Gasteiger partial charge in [-0.2, -0.15) is 15.2 Å². The Morgan fingerprint density at radius 3 is 2.80 bits per heavy atom. The van der Waals surface area contributed by atoms with Crippen molar-refractivity contribution in [3.8, 4) is 12.1 Å². The Kier molecular flexibility index (Phi) is 7.26. The molecule has 2 fully saturated rings. The Balaban J connectivity index is 1.34. The minimum absolute atomic E-state index is 0.0405. The van der Waals surface area contributed by atoms with Crippen LogP contribution in [0.2, 0.25) is 0 Å². The van der Waals surface area contributed by atoms with Gasteiger partial charge in [-0.05, 0) is 63.0 Å². The molecule has 1 radical (unpaired) electrons. The van der Waals surface area contributed by atoms with Crippen LogP contribution in [0.1, 0.15) is 30.5 Å². The first-order chi connectivity index (χ1) is 19.9. The number of hydrogen-bond acceptors (Lipinski definition) is 8. The van der Waals surface area contributed by atoms with E-state index in [1.807, 2.05) is 6.07 Å². The number of rotatable bonds is 8. The lowest BCUT2D eigenvalue weighted by Crippen LogP contribution is -2.55. The minimum atomic E-state index is -0.232. The van der Waals surface area contributed by atoms with Gasteiger partial charge in [0.15, 0.2) is 0 Å². The van der Waals surface area contributed by atoms with Crippen LogP contribution in [-0.2, 0) is 17.8 Å². The number of carbonyl (C=O) groups is 1. The van der Waals surface area contributed by atoms with Gasteiger partial charge in [-0.15, -0.1) is 0 Å². The van der Waals surface area contributed by atoms with Crippen LogP contribution in [0, 0.1) is 17.4 Å². The lowest BCUT2D eigenvalue weighted by molar-refractivity contribution is -0.128. The van der Waals surface area contributed by atoms with E-state index < -0.39 is 0 Å². The number of nitriles is 1. The summed E-state index contributed by atoms with van der Waals surface area (Å²) in [5, 5.41) is 11.9. The van der Waals surface area contributed by atoms with Crippen LogP contribution in [-0.4, -0.2) is 84.1 Å². The van der Waals surface area contributed by atoms with E-state index in [0.29, 0.717) is 38.8 Å². The summed E-state index contributed by atoms with van der Waals surface area (Å²) < 4.78 is 6.31. The predicted octanol–water partition coefficient (Wildman–Crippen LogP) is 3.58. The molecule has 9 heteroatoms. The summed E-state index contributed by atoms with van der Waals surface area (Å²) in [5.41, 5.74) is 3.26. The first-order valence-corrected chi connectivity index (χ1v) is 14.3. The van der Waals surface area contributed by atoms with E-state index in [0.717, 1.165) is 54.0 Å². The quantitative estimate of drug-likeness (QED) is 0.394. The van der Waals surface area contributed by atoms with Crippen LogP contribution in [0.15, 0.2) is 49.1 Å². The Labute approximate surface area is 241 Å². The molecular formula is C32H36N7O2. The molecule has 0 spiro atoms. The first kappa shape index (κ1) is 27.0. The second-order valence-corrected chi connectivity index (χ2v) is 11.5. The van der Waals surface area contributed by atoms with Crippen molar-refractivity contribution >= 4 is 28.2 Å². The highest BCUT2D eigenvalue weighted by Gasteiger charge is 2.46. The van der Waals surface area contributed by atoms with Crippen molar-refractivity contribution in [3.05, 3.63) is 66.4 Å². The van der Waals surface area contributed by atoms with Gasteiger partial charge in [0, 0.05) is 42.8 Å². The molecule has 6 rings (SSSR count). The van der Waals surface area contributed by atoms with Crippen LogP contribution in [0.5, 0.6) is 6.01 Å². The molecule has 41 heavy (non-hydrogen) atoms. The van der Waals surface area contributed by atoms with Gasteiger partial charge in [0.2, 0.25) is 5.91 Å². The number of anilines is 2. The van der Waals surface area contributed by atoms with E-state index in [-0.39, 0.29) is 23.9 Å². The van der Waals surface area contributed by atoms with Crippen LogP contribution in [0.4, 0.5) is 11.5 Å². The van der Waals surface area contributed by atoms with E-state index >= 15 is 0 Å². The number of aromatic nitrogens is 2. The van der Waals surface area contributed by atoms with Crippen molar-refractivity contribution < 1.29 is 9.53 Å². The summed E-state index contributed by atoms with van der Waals surface area (Å²) in [4.78, 5) is 31.0. The van der Waals surface area contributed by atoms with Crippen LogP contribution in [0.25, 0.3) is 10.8 Å². The molecule has 3 aliphatic rings. The molecule has 0 N–H and O–H groups in total. The van der Waals surface area contributed by atoms with E-state index in [4.69, 9.17) is 14.7 Å². The van der Waals surface area contributed by atoms with Gasteiger partial charge < -0.3 is 24.3 Å². The molecule has 2 aliphatic heterocycles. The maximum absolute atomic E-state index is 12.5. The molecule has 1 atom stereocenters. The average Bonchev–Trinajstić information content (AvgIpc) is 3.80. The monoisotopic (exact) mass is 550 g/mol. The Morgan fingerprint density at radius 1 is 1.22 bits per heavy atom. The summed E-state index contributed by atoms with van der Waals surface area (Å²) in [6.45, 7) is 7.31. The summed E-state index contributed by atoms with van der Waals surface area (Å²) >= 11 is 0. The zero-order chi connectivity index (χ0) is 28.6. The average molecular weight is 551 g/mol. The number of likely N-dealkylation sites (N-methyl/N-ethyl adjacent to an activating group) is 1. The maximum atomic E-state index is 12.5. The molecule has 211 valence electrons. The molecule has 1 aromatic heterocycles. The van der Waals surface area contributed by atoms with E-state index in [9.17, 15) is 10.1 Å². The van der Waals surface area contributed by atoms with Gasteiger partial charge in [0.1, 0.15) is 12.4 Å². The molecule has 1 amide bonds. The molecule has 1 saturated heterocycles. The number of hydrogen-bond donors (Lipinski definition) is 0. The lowest BCUT2D eigenvalue weighted by atomic mass is 10.0. The van der Waals surface area contributed by atoms with E-state index in [2.05, 4.69) is 77.8 Å². The molecule has 0 bridgehead atoms. The minimum Gasteiger partial charge on any atom is -0.461 e. The van der Waals surface area contributed by atoms with Gasteiger partial charge in [0.05, 0.1) is 36.3 Å². The van der Waals surface area contributed by atoms with Gasteiger partial charge in [0.25, 0.3) is 0 Å². The summed E-state index contributed by atoms with van der Waals surface area (Å²) in [7, 11) is 4.18. The highest BCUT2D eigenvalue weighted by atomic mass is 16.5. The predicted molar refractivity (Wildman–Crippen MR) is 159 cm³/mol. The smallest absolute Gasteiger partial charge is 0.318 e. The number of ether oxygens (including phenoxy) is 1. The number of carbonyl (C=O) groups excluding carboxylic acids is 1. The summed E-state index contributed by atoms with van der Waals surface area (Å²) in [6, 6.07) is 18.2. The number of piperazine rings is 1. The largest absolute Gasteiger partial charge is 0.461 e. The second kappa shape index (κ2) is 11.0. The van der Waals surface area contributed by atoms with E-state index in [1.165, 1.54) is 11.5 Å². The molecule has 2 aromatic carbocycles. The molecule has 0 unspecified atom stereocenters. The Bertz CT molecular complexity index is 1500. The normalized spacial score (nSPS) is 19.6. The highest BCUT2D eigenvalue weighted by Crippen LogP contribution is 2.41. The fourth-order valence-corrected chi connectivity index (χ4v) is 6.13. The van der Waals surface area contributed by atoms with Crippen molar-refractivity contribution in [2.45, 2.75) is 43.8 Å². The third kappa shape index (κ3) is 5.20. The highest BCUT2D eigenvalue weighted by molar-refractivity contribution is 5.94. The van der Waals surface area contributed by atoms with E-state index in [1.54, 1.807) is 4.90 Å². The van der Waals surface area contributed by atoms with Gasteiger partial charge in [-0.25, -0.2) is 0 Å². The molecule has 3 heterocycles. The fraction of sp³-hybridized carbons (Fsp3) is 0.438.